The molecule has 12 heavy (non-hydrogen) atoms. The minimum atomic E-state index is 0.417. The second-order valence-electron chi connectivity index (χ2n) is 2.24. The van der Waals surface area contributed by atoms with Crippen LogP contribution in [0.3, 0.4) is 0 Å². The molecule has 0 saturated carbocycles. The van der Waals surface area contributed by atoms with Crippen LogP contribution in [-0.4, -0.2) is 0 Å². The quantitative estimate of drug-likeness (QED) is 0.505. The summed E-state index contributed by atoms with van der Waals surface area (Å²) in [7, 11) is 0. The average molecular weight is 163 g/mol. The number of nitroso groups, excluding NO2 is 1. The Morgan fingerprint density at radius 1 is 1.58 bits per heavy atom. The molecule has 1 aromatic carbocycles. The van der Waals surface area contributed by atoms with Gasteiger partial charge < -0.3 is 4.74 Å². The highest BCUT2D eigenvalue weighted by molar-refractivity contribution is 5.39. The fourth-order valence-electron chi connectivity index (χ4n) is 0.858. The van der Waals surface area contributed by atoms with Gasteiger partial charge in [-0.05, 0) is 22.9 Å². The van der Waals surface area contributed by atoms with Crippen molar-refractivity contribution in [3.05, 3.63) is 47.6 Å². The Morgan fingerprint density at radius 2 is 2.42 bits per heavy atom. The Balaban J connectivity index is 2.72. The van der Waals surface area contributed by atoms with Gasteiger partial charge in [0.1, 0.15) is 12.3 Å². The van der Waals surface area contributed by atoms with Crippen LogP contribution in [0.2, 0.25) is 0 Å². The highest BCUT2D eigenvalue weighted by Gasteiger charge is 1.94. The van der Waals surface area contributed by atoms with Crippen LogP contribution in [0, 0.1) is 4.91 Å². The number of hydrogen-bond acceptors (Lipinski definition) is 3. The van der Waals surface area contributed by atoms with Gasteiger partial charge in [0.25, 0.3) is 0 Å². The Hall–Kier alpha value is -1.64. The third-order valence-electron chi connectivity index (χ3n) is 1.38. The lowest BCUT2D eigenvalue weighted by Crippen LogP contribution is -1.84. The highest BCUT2D eigenvalue weighted by Crippen LogP contribution is 2.13. The van der Waals surface area contributed by atoms with Gasteiger partial charge >= 0.3 is 0 Å². The molecule has 0 bridgehead atoms. The fraction of sp³-hybridized carbons (Fsp3) is 0.111. The molecular formula is C9H9NO2. The van der Waals surface area contributed by atoms with Crippen LogP contribution < -0.4 is 0 Å². The molecule has 0 fully saturated rings. The van der Waals surface area contributed by atoms with Gasteiger partial charge in [-0.1, -0.05) is 18.7 Å². The minimum absolute atomic E-state index is 0.417. The van der Waals surface area contributed by atoms with Crippen molar-refractivity contribution in [3.8, 4) is 0 Å². The SMILES string of the molecule is C=COCc1cccc(N=O)c1. The summed E-state index contributed by atoms with van der Waals surface area (Å²) < 4.78 is 4.94. The van der Waals surface area contributed by atoms with Gasteiger partial charge in [0, 0.05) is 0 Å². The third-order valence-corrected chi connectivity index (χ3v) is 1.38. The van der Waals surface area contributed by atoms with Crippen molar-refractivity contribution in [1.82, 2.24) is 0 Å². The van der Waals surface area contributed by atoms with Gasteiger partial charge in [0.15, 0.2) is 0 Å². The van der Waals surface area contributed by atoms with E-state index in [4.69, 9.17) is 4.74 Å². The van der Waals surface area contributed by atoms with E-state index in [1.165, 1.54) is 6.26 Å². The number of ether oxygens (including phenoxy) is 1. The van der Waals surface area contributed by atoms with E-state index in [0.717, 1.165) is 5.56 Å². The fourth-order valence-corrected chi connectivity index (χ4v) is 0.858. The largest absolute Gasteiger partial charge is 0.497 e. The van der Waals surface area contributed by atoms with E-state index in [0.29, 0.717) is 12.3 Å². The summed E-state index contributed by atoms with van der Waals surface area (Å²) in [5, 5.41) is 2.81. The zero-order valence-corrected chi connectivity index (χ0v) is 6.56. The van der Waals surface area contributed by atoms with Crippen LogP contribution in [0.1, 0.15) is 5.56 Å². The van der Waals surface area contributed by atoms with Gasteiger partial charge in [-0.2, -0.15) is 0 Å². The second kappa shape index (κ2) is 4.28. The molecule has 0 aromatic heterocycles. The first-order valence-electron chi connectivity index (χ1n) is 3.51. The summed E-state index contributed by atoms with van der Waals surface area (Å²) in [6.45, 7) is 3.83. The molecular weight excluding hydrogens is 154 g/mol. The van der Waals surface area contributed by atoms with Gasteiger partial charge in [0.05, 0.1) is 6.26 Å². The molecule has 3 nitrogen and oxygen atoms in total. The standard InChI is InChI=1S/C9H9NO2/c1-2-12-7-8-4-3-5-9(6-8)10-11/h2-6H,1,7H2. The maximum absolute atomic E-state index is 10.1. The molecule has 0 amide bonds. The van der Waals surface area contributed by atoms with E-state index in [1.54, 1.807) is 18.2 Å². The average Bonchev–Trinajstić information content (AvgIpc) is 2.15. The van der Waals surface area contributed by atoms with Crippen LogP contribution in [0.15, 0.2) is 42.3 Å². The van der Waals surface area contributed by atoms with Gasteiger partial charge in [-0.15, -0.1) is 4.91 Å². The molecule has 0 radical (unpaired) electrons. The van der Waals surface area contributed by atoms with Crippen LogP contribution in [0.25, 0.3) is 0 Å². The summed E-state index contributed by atoms with van der Waals surface area (Å²) in [5.74, 6) is 0. The normalized spacial score (nSPS) is 9.00. The lowest BCUT2D eigenvalue weighted by atomic mass is 10.2. The van der Waals surface area contributed by atoms with Crippen molar-refractivity contribution in [2.45, 2.75) is 6.61 Å². The molecule has 1 rings (SSSR count). The first-order valence-corrected chi connectivity index (χ1v) is 3.51. The number of hydrogen-bond donors (Lipinski definition) is 0. The summed E-state index contributed by atoms with van der Waals surface area (Å²) >= 11 is 0. The molecule has 0 atom stereocenters. The van der Waals surface area contributed by atoms with Crippen molar-refractivity contribution in [1.29, 1.82) is 0 Å². The molecule has 0 saturated heterocycles. The van der Waals surface area contributed by atoms with Crippen molar-refractivity contribution < 1.29 is 4.74 Å². The van der Waals surface area contributed by atoms with Gasteiger partial charge in [-0.25, -0.2) is 0 Å². The molecule has 0 heterocycles. The lowest BCUT2D eigenvalue weighted by Gasteiger charge is -1.99. The topological polar surface area (TPSA) is 38.7 Å². The van der Waals surface area contributed by atoms with Crippen LogP contribution in [0.5, 0.6) is 0 Å². The van der Waals surface area contributed by atoms with Crippen molar-refractivity contribution in [2.24, 2.45) is 5.18 Å². The maximum Gasteiger partial charge on any atom is 0.112 e. The van der Waals surface area contributed by atoms with Gasteiger partial charge in [-0.3, -0.25) is 0 Å². The highest BCUT2D eigenvalue weighted by atomic mass is 16.5. The summed E-state index contributed by atoms with van der Waals surface area (Å²) in [6.07, 6.45) is 1.36. The molecule has 0 unspecified atom stereocenters. The molecule has 3 heteroatoms. The lowest BCUT2D eigenvalue weighted by molar-refractivity contribution is 0.238. The maximum atomic E-state index is 10.1. The van der Waals surface area contributed by atoms with Crippen molar-refractivity contribution in [2.75, 3.05) is 0 Å². The molecule has 62 valence electrons. The second-order valence-corrected chi connectivity index (χ2v) is 2.24. The Bertz CT molecular complexity index is 284. The number of rotatable bonds is 4. The smallest absolute Gasteiger partial charge is 0.112 e. The Kier molecular flexibility index (Phi) is 3.02. The molecule has 1 aromatic rings. The molecule has 0 aliphatic carbocycles. The predicted octanol–water partition coefficient (Wildman–Crippen LogP) is 2.74. The number of benzene rings is 1. The van der Waals surface area contributed by atoms with Crippen LogP contribution >= 0.6 is 0 Å². The summed E-state index contributed by atoms with van der Waals surface area (Å²) in [5.41, 5.74) is 1.33. The monoisotopic (exact) mass is 163 g/mol. The Labute approximate surface area is 70.6 Å². The van der Waals surface area contributed by atoms with Gasteiger partial charge in [0.2, 0.25) is 0 Å². The van der Waals surface area contributed by atoms with E-state index in [1.807, 2.05) is 6.07 Å². The van der Waals surface area contributed by atoms with Crippen molar-refractivity contribution >= 4 is 5.69 Å². The minimum Gasteiger partial charge on any atom is -0.497 e. The predicted molar refractivity (Wildman–Crippen MR) is 46.9 cm³/mol. The number of nitrogens with zero attached hydrogens (tertiary/aromatic N) is 1. The zero-order valence-electron chi connectivity index (χ0n) is 6.56. The first kappa shape index (κ1) is 8.46. The molecule has 0 aliphatic rings. The Morgan fingerprint density at radius 3 is 3.08 bits per heavy atom. The zero-order chi connectivity index (χ0) is 8.81. The van der Waals surface area contributed by atoms with Crippen molar-refractivity contribution in [3.63, 3.8) is 0 Å². The van der Waals surface area contributed by atoms with E-state index in [2.05, 4.69) is 11.8 Å². The van der Waals surface area contributed by atoms with E-state index in [-0.39, 0.29) is 0 Å². The van der Waals surface area contributed by atoms with E-state index in [9.17, 15) is 4.91 Å². The molecule has 0 aliphatic heterocycles. The van der Waals surface area contributed by atoms with E-state index < -0.39 is 0 Å². The molecule has 0 N–H and O–H groups in total. The van der Waals surface area contributed by atoms with E-state index >= 15 is 0 Å². The van der Waals surface area contributed by atoms with Crippen LogP contribution in [0.4, 0.5) is 5.69 Å². The van der Waals surface area contributed by atoms with Crippen LogP contribution in [-0.2, 0) is 11.3 Å². The molecule has 0 spiro atoms. The third kappa shape index (κ3) is 2.20. The summed E-state index contributed by atoms with van der Waals surface area (Å²) in [6, 6.07) is 6.94. The first-order chi connectivity index (χ1) is 5.86. The summed E-state index contributed by atoms with van der Waals surface area (Å²) in [4.78, 5) is 10.1.